The molecule has 2 atom stereocenters. The van der Waals surface area contributed by atoms with E-state index < -0.39 is 5.97 Å². The Kier molecular flexibility index (Phi) is 5.37. The third-order valence-corrected chi connectivity index (χ3v) is 4.05. The molecule has 1 aromatic heterocycles. The smallest absolute Gasteiger partial charge is 0.328 e. The molecule has 21 heavy (non-hydrogen) atoms. The first-order valence-electron chi connectivity index (χ1n) is 7.65. The van der Waals surface area contributed by atoms with Gasteiger partial charge in [-0.2, -0.15) is 0 Å². The first-order chi connectivity index (χ1) is 10.1. The van der Waals surface area contributed by atoms with Gasteiger partial charge >= 0.3 is 5.97 Å². The second kappa shape index (κ2) is 7.25. The Morgan fingerprint density at radius 2 is 2.19 bits per heavy atom. The van der Waals surface area contributed by atoms with Crippen molar-refractivity contribution in [3.63, 3.8) is 0 Å². The molecule has 1 N–H and O–H groups in total. The Labute approximate surface area is 125 Å². The van der Waals surface area contributed by atoms with Crippen molar-refractivity contribution < 1.29 is 14.6 Å². The lowest BCUT2D eigenvalue weighted by Gasteiger charge is -2.31. The lowest BCUT2D eigenvalue weighted by atomic mass is 9.85. The fraction of sp³-hybridized carbons (Fsp3) is 0.529. The highest BCUT2D eigenvalue weighted by molar-refractivity contribution is 5.85. The molecule has 4 heteroatoms. The van der Waals surface area contributed by atoms with Crippen LogP contribution in [0.15, 0.2) is 18.2 Å². The lowest BCUT2D eigenvalue weighted by Crippen LogP contribution is -2.30. The molecule has 4 nitrogen and oxygen atoms in total. The van der Waals surface area contributed by atoms with E-state index >= 15 is 0 Å². The standard InChI is InChI=1S/C17H23NO3/c1-3-13-6-4-5-7-15(13)21-16-10-8-12(2)18-14(16)9-11-17(19)20/h8-11,13,15H,3-7H2,1-2H3,(H,19,20). The molecule has 0 aliphatic heterocycles. The summed E-state index contributed by atoms with van der Waals surface area (Å²) < 4.78 is 6.17. The molecule has 2 unspecified atom stereocenters. The molecule has 114 valence electrons. The highest BCUT2D eigenvalue weighted by atomic mass is 16.5. The molecule has 0 saturated heterocycles. The van der Waals surface area contributed by atoms with Gasteiger partial charge in [-0.15, -0.1) is 0 Å². The Balaban J connectivity index is 2.20. The van der Waals surface area contributed by atoms with E-state index in [-0.39, 0.29) is 6.10 Å². The normalized spacial score (nSPS) is 22.4. The minimum absolute atomic E-state index is 0.213. The monoisotopic (exact) mass is 289 g/mol. The summed E-state index contributed by atoms with van der Waals surface area (Å²) in [6.45, 7) is 4.09. The van der Waals surface area contributed by atoms with Crippen LogP contribution >= 0.6 is 0 Å². The van der Waals surface area contributed by atoms with Crippen LogP contribution in [-0.4, -0.2) is 22.2 Å². The summed E-state index contributed by atoms with van der Waals surface area (Å²) in [5, 5.41) is 8.78. The quantitative estimate of drug-likeness (QED) is 0.837. The van der Waals surface area contributed by atoms with Crippen molar-refractivity contribution in [2.45, 2.75) is 52.1 Å². The second-order valence-corrected chi connectivity index (χ2v) is 5.62. The highest BCUT2D eigenvalue weighted by Crippen LogP contribution is 2.31. The van der Waals surface area contributed by atoms with E-state index in [0.717, 1.165) is 24.6 Å². The van der Waals surface area contributed by atoms with E-state index in [9.17, 15) is 4.79 Å². The zero-order valence-corrected chi connectivity index (χ0v) is 12.7. The van der Waals surface area contributed by atoms with Crippen LogP contribution in [0.2, 0.25) is 0 Å². The summed E-state index contributed by atoms with van der Waals surface area (Å²) in [7, 11) is 0. The number of aryl methyl sites for hydroxylation is 1. The molecule has 1 fully saturated rings. The third kappa shape index (κ3) is 4.31. The molecule has 0 radical (unpaired) electrons. The number of aromatic nitrogens is 1. The maximum atomic E-state index is 10.7. The predicted octanol–water partition coefficient (Wildman–Crippen LogP) is 3.84. The van der Waals surface area contributed by atoms with Gasteiger partial charge in [0.25, 0.3) is 0 Å². The van der Waals surface area contributed by atoms with Gasteiger partial charge < -0.3 is 9.84 Å². The van der Waals surface area contributed by atoms with Crippen molar-refractivity contribution >= 4 is 12.0 Å². The fourth-order valence-corrected chi connectivity index (χ4v) is 2.89. The van der Waals surface area contributed by atoms with Gasteiger partial charge in [-0.05, 0) is 56.7 Å². The van der Waals surface area contributed by atoms with E-state index in [0.29, 0.717) is 17.4 Å². The topological polar surface area (TPSA) is 59.4 Å². The minimum Gasteiger partial charge on any atom is -0.488 e. The van der Waals surface area contributed by atoms with Gasteiger partial charge in [-0.1, -0.05) is 13.3 Å². The molecule has 1 saturated carbocycles. The number of hydrogen-bond acceptors (Lipinski definition) is 3. The van der Waals surface area contributed by atoms with Crippen molar-refractivity contribution in [3.8, 4) is 5.75 Å². The SMILES string of the molecule is CCC1CCCCC1Oc1ccc(C)nc1C=CC(=O)O. The zero-order valence-electron chi connectivity index (χ0n) is 12.7. The van der Waals surface area contributed by atoms with Crippen LogP contribution in [0.5, 0.6) is 5.75 Å². The van der Waals surface area contributed by atoms with Gasteiger partial charge in [0.15, 0.2) is 0 Å². The van der Waals surface area contributed by atoms with Crippen molar-refractivity contribution in [1.29, 1.82) is 0 Å². The molecular formula is C17H23NO3. The summed E-state index contributed by atoms with van der Waals surface area (Å²) in [5.41, 5.74) is 1.45. The van der Waals surface area contributed by atoms with Crippen molar-refractivity contribution in [1.82, 2.24) is 4.98 Å². The molecule has 0 bridgehead atoms. The molecule has 1 aromatic rings. The van der Waals surface area contributed by atoms with Crippen LogP contribution in [0.3, 0.4) is 0 Å². The van der Waals surface area contributed by atoms with Crippen LogP contribution < -0.4 is 4.74 Å². The van der Waals surface area contributed by atoms with Crippen LogP contribution in [0.4, 0.5) is 0 Å². The Hall–Kier alpha value is -1.84. The van der Waals surface area contributed by atoms with E-state index in [1.807, 2.05) is 19.1 Å². The Bertz CT molecular complexity index is 525. The number of aliphatic carboxylic acids is 1. The molecule has 0 aromatic carbocycles. The van der Waals surface area contributed by atoms with E-state index in [1.54, 1.807) is 0 Å². The number of ether oxygens (including phenoxy) is 1. The molecule has 1 aliphatic carbocycles. The number of carboxylic acids is 1. The Morgan fingerprint density at radius 3 is 2.90 bits per heavy atom. The summed E-state index contributed by atoms with van der Waals surface area (Å²) in [6, 6.07) is 3.79. The first kappa shape index (κ1) is 15.5. The average molecular weight is 289 g/mol. The summed E-state index contributed by atoms with van der Waals surface area (Å²) >= 11 is 0. The average Bonchev–Trinajstić information content (AvgIpc) is 2.48. The van der Waals surface area contributed by atoms with E-state index in [4.69, 9.17) is 9.84 Å². The summed E-state index contributed by atoms with van der Waals surface area (Å²) in [6.07, 6.45) is 8.68. The molecule has 1 heterocycles. The minimum atomic E-state index is -0.978. The molecule has 0 spiro atoms. The van der Waals surface area contributed by atoms with Crippen LogP contribution in [0, 0.1) is 12.8 Å². The third-order valence-electron chi connectivity index (χ3n) is 4.05. The predicted molar refractivity (Wildman–Crippen MR) is 82.3 cm³/mol. The molecular weight excluding hydrogens is 266 g/mol. The van der Waals surface area contributed by atoms with Crippen molar-refractivity contribution in [2.24, 2.45) is 5.92 Å². The number of carbonyl (C=O) groups is 1. The lowest BCUT2D eigenvalue weighted by molar-refractivity contribution is -0.131. The summed E-state index contributed by atoms with van der Waals surface area (Å²) in [5.74, 6) is 0.285. The van der Waals surface area contributed by atoms with Crippen molar-refractivity contribution in [2.75, 3.05) is 0 Å². The van der Waals surface area contributed by atoms with Crippen molar-refractivity contribution in [3.05, 3.63) is 29.6 Å². The number of carboxylic acid groups (broad SMARTS) is 1. The van der Waals surface area contributed by atoms with Gasteiger partial charge in [0.05, 0.1) is 0 Å². The molecule has 2 rings (SSSR count). The maximum absolute atomic E-state index is 10.7. The zero-order chi connectivity index (χ0) is 15.2. The van der Waals surface area contributed by atoms with Crippen LogP contribution in [0.1, 0.15) is 50.4 Å². The number of pyridine rings is 1. The molecule has 0 amide bonds. The van der Waals surface area contributed by atoms with Gasteiger partial charge in [-0.3, -0.25) is 0 Å². The van der Waals surface area contributed by atoms with E-state index in [2.05, 4.69) is 11.9 Å². The van der Waals surface area contributed by atoms with E-state index in [1.165, 1.54) is 25.3 Å². The number of rotatable bonds is 5. The Morgan fingerprint density at radius 1 is 1.43 bits per heavy atom. The number of hydrogen-bond donors (Lipinski definition) is 1. The van der Waals surface area contributed by atoms with Gasteiger partial charge in [0, 0.05) is 11.8 Å². The largest absolute Gasteiger partial charge is 0.488 e. The summed E-state index contributed by atoms with van der Waals surface area (Å²) in [4.78, 5) is 15.1. The fourth-order valence-electron chi connectivity index (χ4n) is 2.89. The number of nitrogens with zero attached hydrogens (tertiary/aromatic N) is 1. The highest BCUT2D eigenvalue weighted by Gasteiger charge is 2.25. The maximum Gasteiger partial charge on any atom is 0.328 e. The van der Waals surface area contributed by atoms with Gasteiger partial charge in [-0.25, -0.2) is 9.78 Å². The van der Waals surface area contributed by atoms with Crippen LogP contribution in [-0.2, 0) is 4.79 Å². The second-order valence-electron chi connectivity index (χ2n) is 5.62. The first-order valence-corrected chi connectivity index (χ1v) is 7.65. The molecule has 1 aliphatic rings. The van der Waals surface area contributed by atoms with Crippen LogP contribution in [0.25, 0.3) is 6.08 Å². The van der Waals surface area contributed by atoms with Gasteiger partial charge in [0.2, 0.25) is 0 Å². The van der Waals surface area contributed by atoms with Gasteiger partial charge in [0.1, 0.15) is 17.5 Å².